The molecule has 2 aliphatic heterocycles. The minimum atomic E-state index is -3.43. The van der Waals surface area contributed by atoms with Gasteiger partial charge in [0.2, 0.25) is 5.91 Å². The second kappa shape index (κ2) is 7.65. The Morgan fingerprint density at radius 3 is 2.54 bits per heavy atom. The van der Waals surface area contributed by atoms with E-state index < -0.39 is 10.2 Å². The number of likely N-dealkylation sites (tertiary alicyclic amines) is 1. The molecular weight excluding hydrogens is 332 g/mol. The molecule has 1 amide bonds. The quantitative estimate of drug-likeness (QED) is 0.655. The third-order valence-corrected chi connectivity index (χ3v) is 7.21. The smallest absolute Gasteiger partial charge is 0.281 e. The summed E-state index contributed by atoms with van der Waals surface area (Å²) in [6.45, 7) is 3.36. The summed E-state index contributed by atoms with van der Waals surface area (Å²) in [5, 5.41) is 0. The van der Waals surface area contributed by atoms with Gasteiger partial charge in [-0.1, -0.05) is 0 Å². The highest BCUT2D eigenvalue weighted by Gasteiger charge is 2.45. The van der Waals surface area contributed by atoms with Crippen LogP contribution in [0.2, 0.25) is 0 Å². The molecule has 24 heavy (non-hydrogen) atoms. The molecule has 140 valence electrons. The molecule has 2 rings (SSSR count). The predicted octanol–water partition coefficient (Wildman–Crippen LogP) is -0.562. The van der Waals surface area contributed by atoms with Crippen molar-refractivity contribution < 1.29 is 17.9 Å². The lowest BCUT2D eigenvalue weighted by Crippen LogP contribution is -2.63. The number of rotatable bonds is 5. The van der Waals surface area contributed by atoms with Crippen LogP contribution in [0.3, 0.4) is 0 Å². The second-order valence-electron chi connectivity index (χ2n) is 6.89. The molecular formula is C15H30N4O4S. The van der Waals surface area contributed by atoms with Crippen LogP contribution in [0.4, 0.5) is 0 Å². The Balaban J connectivity index is 2.16. The standard InChI is InChI=1S/C15H30N4O4S/c1-16(2)24(21,22)19-10-9-17(3)15(13-19)6-5-14(20)18(8-7-15)11-12-23-4/h5-13H2,1-4H3. The molecule has 0 aromatic rings. The zero-order chi connectivity index (χ0) is 18.0. The van der Waals surface area contributed by atoms with Crippen LogP contribution in [0.1, 0.15) is 19.3 Å². The van der Waals surface area contributed by atoms with Gasteiger partial charge in [0, 0.05) is 65.9 Å². The third-order valence-electron chi connectivity index (χ3n) is 5.32. The van der Waals surface area contributed by atoms with Gasteiger partial charge in [0.1, 0.15) is 0 Å². The van der Waals surface area contributed by atoms with Gasteiger partial charge in [0.25, 0.3) is 10.2 Å². The van der Waals surface area contributed by atoms with E-state index in [0.29, 0.717) is 52.2 Å². The second-order valence-corrected chi connectivity index (χ2v) is 9.04. The van der Waals surface area contributed by atoms with Gasteiger partial charge in [-0.25, -0.2) is 0 Å². The Bertz CT molecular complexity index is 554. The average molecular weight is 362 g/mol. The normalized spacial score (nSPS) is 27.9. The van der Waals surface area contributed by atoms with Crippen LogP contribution in [0.25, 0.3) is 0 Å². The molecule has 0 bridgehead atoms. The van der Waals surface area contributed by atoms with Crippen molar-refractivity contribution in [2.45, 2.75) is 24.8 Å². The zero-order valence-electron chi connectivity index (χ0n) is 15.2. The minimum Gasteiger partial charge on any atom is -0.383 e. The monoisotopic (exact) mass is 362 g/mol. The Labute approximate surface area is 145 Å². The lowest BCUT2D eigenvalue weighted by molar-refractivity contribution is -0.131. The van der Waals surface area contributed by atoms with Gasteiger partial charge in [-0.15, -0.1) is 0 Å². The van der Waals surface area contributed by atoms with Crippen LogP contribution in [0.15, 0.2) is 0 Å². The maximum absolute atomic E-state index is 12.5. The molecule has 0 N–H and O–H groups in total. The Morgan fingerprint density at radius 2 is 1.92 bits per heavy atom. The van der Waals surface area contributed by atoms with E-state index in [1.165, 1.54) is 4.31 Å². The fraction of sp³-hybridized carbons (Fsp3) is 0.933. The van der Waals surface area contributed by atoms with Crippen molar-refractivity contribution >= 4 is 16.1 Å². The van der Waals surface area contributed by atoms with Gasteiger partial charge in [-0.2, -0.15) is 17.0 Å². The molecule has 8 nitrogen and oxygen atoms in total. The van der Waals surface area contributed by atoms with E-state index in [1.807, 2.05) is 11.9 Å². The number of hydrogen-bond acceptors (Lipinski definition) is 5. The first-order valence-corrected chi connectivity index (χ1v) is 9.78. The van der Waals surface area contributed by atoms with E-state index in [-0.39, 0.29) is 11.4 Å². The highest BCUT2D eigenvalue weighted by Crippen LogP contribution is 2.33. The highest BCUT2D eigenvalue weighted by atomic mass is 32.2. The fourth-order valence-corrected chi connectivity index (χ4v) is 4.70. The number of hydrogen-bond donors (Lipinski definition) is 0. The molecule has 0 radical (unpaired) electrons. The third kappa shape index (κ3) is 3.91. The molecule has 1 spiro atoms. The van der Waals surface area contributed by atoms with Crippen LogP contribution in [0, 0.1) is 0 Å². The minimum absolute atomic E-state index is 0.130. The van der Waals surface area contributed by atoms with E-state index >= 15 is 0 Å². The summed E-state index contributed by atoms with van der Waals surface area (Å²) in [5.74, 6) is 0.130. The first-order chi connectivity index (χ1) is 11.2. The summed E-state index contributed by atoms with van der Waals surface area (Å²) in [4.78, 5) is 16.4. The number of nitrogens with zero attached hydrogens (tertiary/aromatic N) is 4. The molecule has 2 fully saturated rings. The Morgan fingerprint density at radius 1 is 1.21 bits per heavy atom. The van der Waals surface area contributed by atoms with Crippen LogP contribution >= 0.6 is 0 Å². The molecule has 2 aliphatic rings. The predicted molar refractivity (Wildman–Crippen MR) is 91.8 cm³/mol. The molecule has 1 unspecified atom stereocenters. The van der Waals surface area contributed by atoms with E-state index in [9.17, 15) is 13.2 Å². The van der Waals surface area contributed by atoms with E-state index in [1.54, 1.807) is 25.5 Å². The van der Waals surface area contributed by atoms with Gasteiger partial charge in [-0.3, -0.25) is 9.69 Å². The van der Waals surface area contributed by atoms with Crippen LogP contribution in [-0.2, 0) is 19.7 Å². The molecule has 9 heteroatoms. The van der Waals surface area contributed by atoms with Gasteiger partial charge < -0.3 is 9.64 Å². The highest BCUT2D eigenvalue weighted by molar-refractivity contribution is 7.86. The van der Waals surface area contributed by atoms with Gasteiger partial charge in [0.15, 0.2) is 0 Å². The fourth-order valence-electron chi connectivity index (χ4n) is 3.52. The topological polar surface area (TPSA) is 73.4 Å². The largest absolute Gasteiger partial charge is 0.383 e. The van der Waals surface area contributed by atoms with Crippen molar-refractivity contribution in [3.8, 4) is 0 Å². The maximum Gasteiger partial charge on any atom is 0.281 e. The lowest BCUT2D eigenvalue weighted by atomic mass is 9.87. The van der Waals surface area contributed by atoms with Crippen molar-refractivity contribution in [3.05, 3.63) is 0 Å². The van der Waals surface area contributed by atoms with Crippen molar-refractivity contribution in [1.82, 2.24) is 18.4 Å². The van der Waals surface area contributed by atoms with Crippen molar-refractivity contribution in [2.24, 2.45) is 0 Å². The summed E-state index contributed by atoms with van der Waals surface area (Å²) < 4.78 is 32.9. The molecule has 2 saturated heterocycles. The van der Waals surface area contributed by atoms with Gasteiger partial charge in [0.05, 0.1) is 6.61 Å². The number of carbonyl (C=O) groups is 1. The first kappa shape index (κ1) is 19.6. The Hall–Kier alpha value is -0.740. The average Bonchev–Trinajstić information content (AvgIpc) is 2.69. The zero-order valence-corrected chi connectivity index (χ0v) is 16.0. The van der Waals surface area contributed by atoms with Crippen LogP contribution < -0.4 is 0 Å². The van der Waals surface area contributed by atoms with E-state index in [2.05, 4.69) is 4.90 Å². The molecule has 2 heterocycles. The van der Waals surface area contributed by atoms with Gasteiger partial charge in [-0.05, 0) is 19.9 Å². The van der Waals surface area contributed by atoms with Crippen LogP contribution in [0.5, 0.6) is 0 Å². The molecule has 0 aliphatic carbocycles. The van der Waals surface area contributed by atoms with Crippen molar-refractivity contribution in [1.29, 1.82) is 0 Å². The number of methoxy groups -OCH3 is 1. The van der Waals surface area contributed by atoms with E-state index in [4.69, 9.17) is 4.74 Å². The summed E-state index contributed by atoms with van der Waals surface area (Å²) in [7, 11) is 3.35. The molecule has 1 atom stereocenters. The molecule has 0 saturated carbocycles. The summed E-state index contributed by atoms with van der Waals surface area (Å²) in [5.41, 5.74) is -0.279. The number of carbonyl (C=O) groups excluding carboxylic acids is 1. The number of amides is 1. The van der Waals surface area contributed by atoms with Crippen molar-refractivity contribution in [3.63, 3.8) is 0 Å². The van der Waals surface area contributed by atoms with Crippen molar-refractivity contribution in [2.75, 3.05) is 67.6 Å². The van der Waals surface area contributed by atoms with Crippen LogP contribution in [-0.4, -0.2) is 106 Å². The summed E-state index contributed by atoms with van der Waals surface area (Å²) in [6, 6.07) is 0. The summed E-state index contributed by atoms with van der Waals surface area (Å²) in [6.07, 6.45) is 1.91. The lowest BCUT2D eigenvalue weighted by Gasteiger charge is -2.49. The number of piperazine rings is 1. The molecule has 0 aromatic carbocycles. The number of likely N-dealkylation sites (N-methyl/N-ethyl adjacent to an activating group) is 1. The number of ether oxygens (including phenoxy) is 1. The maximum atomic E-state index is 12.5. The first-order valence-electron chi connectivity index (χ1n) is 8.38. The van der Waals surface area contributed by atoms with E-state index in [0.717, 1.165) is 6.42 Å². The van der Waals surface area contributed by atoms with Gasteiger partial charge >= 0.3 is 0 Å². The Kier molecular flexibility index (Phi) is 6.24. The summed E-state index contributed by atoms with van der Waals surface area (Å²) >= 11 is 0. The SMILES string of the molecule is COCCN1CCC2(CCC1=O)CN(S(=O)(=O)N(C)C)CCN2C. The molecule has 0 aromatic heterocycles.